The number of hydrogen-bond donors (Lipinski definition) is 1. The summed E-state index contributed by atoms with van der Waals surface area (Å²) in [4.78, 5) is 17.0. The standard InChI is InChI=1S/C24H22F6N4O2/c1-4-34-19(14(2)21(33-34)24(28,29)30)13-20(31-17-7-5-6-16(12-17)23(25,26)27)32-22(35)15-8-10-18(36-3)11-9-15/h5-12H,4,13H2,1-3H3,(H,31,32,35). The van der Waals surface area contributed by atoms with E-state index in [1.807, 2.05) is 0 Å². The first-order valence-electron chi connectivity index (χ1n) is 10.7. The Bertz CT molecular complexity index is 1260. The number of ether oxygens (including phenoxy) is 1. The van der Waals surface area contributed by atoms with E-state index in [4.69, 9.17) is 4.74 Å². The molecule has 6 nitrogen and oxygen atoms in total. The molecule has 1 heterocycles. The maximum atomic E-state index is 13.4. The van der Waals surface area contributed by atoms with Crippen LogP contribution in [0.2, 0.25) is 0 Å². The van der Waals surface area contributed by atoms with E-state index in [2.05, 4.69) is 15.4 Å². The zero-order valence-corrected chi connectivity index (χ0v) is 19.5. The first kappa shape index (κ1) is 26.8. The van der Waals surface area contributed by atoms with E-state index in [9.17, 15) is 31.1 Å². The van der Waals surface area contributed by atoms with E-state index in [1.165, 1.54) is 44.4 Å². The number of rotatable bonds is 6. The molecule has 0 bridgehead atoms. The van der Waals surface area contributed by atoms with Crippen molar-refractivity contribution >= 4 is 17.4 Å². The molecule has 192 valence electrons. The Morgan fingerprint density at radius 1 is 1.06 bits per heavy atom. The number of carbonyl (C=O) groups excluding carboxylic acids is 1. The van der Waals surface area contributed by atoms with Crippen LogP contribution >= 0.6 is 0 Å². The first-order chi connectivity index (χ1) is 16.8. The summed E-state index contributed by atoms with van der Waals surface area (Å²) >= 11 is 0. The molecular weight excluding hydrogens is 490 g/mol. The monoisotopic (exact) mass is 512 g/mol. The molecule has 0 spiro atoms. The summed E-state index contributed by atoms with van der Waals surface area (Å²) in [7, 11) is 1.45. The summed E-state index contributed by atoms with van der Waals surface area (Å²) in [5, 5.41) is 6.14. The lowest BCUT2D eigenvalue weighted by Gasteiger charge is -2.13. The number of aryl methyl sites for hydroxylation is 1. The molecule has 0 aliphatic rings. The molecule has 1 N–H and O–H groups in total. The van der Waals surface area contributed by atoms with Crippen LogP contribution in [0.25, 0.3) is 0 Å². The van der Waals surface area contributed by atoms with E-state index in [0.717, 1.165) is 22.9 Å². The normalized spacial score (nSPS) is 12.5. The lowest BCUT2D eigenvalue weighted by molar-refractivity contribution is -0.142. The second-order valence-corrected chi connectivity index (χ2v) is 7.70. The largest absolute Gasteiger partial charge is 0.497 e. The van der Waals surface area contributed by atoms with Gasteiger partial charge in [0.2, 0.25) is 0 Å². The number of hydrogen-bond acceptors (Lipinski definition) is 4. The third-order valence-corrected chi connectivity index (χ3v) is 5.27. The van der Waals surface area contributed by atoms with E-state index < -0.39 is 29.5 Å². The minimum Gasteiger partial charge on any atom is -0.497 e. The van der Waals surface area contributed by atoms with Gasteiger partial charge in [0, 0.05) is 29.8 Å². The maximum Gasteiger partial charge on any atom is 0.435 e. The van der Waals surface area contributed by atoms with Crippen molar-refractivity contribution in [2.75, 3.05) is 7.11 Å². The van der Waals surface area contributed by atoms with Crippen LogP contribution in [0.15, 0.2) is 53.5 Å². The second kappa shape index (κ2) is 10.4. The molecule has 0 aliphatic carbocycles. The Labute approximate surface area is 202 Å². The van der Waals surface area contributed by atoms with Crippen LogP contribution in [0.5, 0.6) is 5.75 Å². The fraction of sp³-hybridized carbons (Fsp3) is 0.292. The molecule has 36 heavy (non-hydrogen) atoms. The van der Waals surface area contributed by atoms with Gasteiger partial charge in [0.25, 0.3) is 5.91 Å². The van der Waals surface area contributed by atoms with Crippen molar-refractivity contribution in [3.8, 4) is 5.75 Å². The molecule has 0 unspecified atom stereocenters. The smallest absolute Gasteiger partial charge is 0.435 e. The summed E-state index contributed by atoms with van der Waals surface area (Å²) in [5.74, 6) is -0.312. The molecule has 0 aliphatic heterocycles. The number of carbonyl (C=O) groups is 1. The van der Waals surface area contributed by atoms with Gasteiger partial charge in [0.15, 0.2) is 5.69 Å². The molecule has 1 amide bonds. The van der Waals surface area contributed by atoms with Gasteiger partial charge >= 0.3 is 12.4 Å². The highest BCUT2D eigenvalue weighted by molar-refractivity contribution is 6.07. The van der Waals surface area contributed by atoms with Crippen LogP contribution in [0.4, 0.5) is 32.0 Å². The fourth-order valence-electron chi connectivity index (χ4n) is 3.46. The van der Waals surface area contributed by atoms with Crippen LogP contribution in [-0.4, -0.2) is 28.6 Å². The molecular formula is C24H22F6N4O2. The lowest BCUT2D eigenvalue weighted by Crippen LogP contribution is -2.32. The SMILES string of the molecule is CCn1nc(C(F)(F)F)c(C)c1CC(=Nc1cccc(C(F)(F)F)c1)NC(=O)c1ccc(OC)cc1. The van der Waals surface area contributed by atoms with Crippen LogP contribution in [0, 0.1) is 6.92 Å². The number of nitrogens with zero attached hydrogens (tertiary/aromatic N) is 3. The second-order valence-electron chi connectivity index (χ2n) is 7.70. The van der Waals surface area contributed by atoms with Gasteiger partial charge in [-0.25, -0.2) is 4.99 Å². The van der Waals surface area contributed by atoms with Crippen LogP contribution in [0.1, 0.15) is 39.8 Å². The first-order valence-corrected chi connectivity index (χ1v) is 10.7. The Morgan fingerprint density at radius 3 is 2.28 bits per heavy atom. The van der Waals surface area contributed by atoms with Crippen molar-refractivity contribution in [3.63, 3.8) is 0 Å². The Hall–Kier alpha value is -3.83. The third-order valence-electron chi connectivity index (χ3n) is 5.27. The number of amidine groups is 1. The minimum atomic E-state index is -4.70. The predicted molar refractivity (Wildman–Crippen MR) is 120 cm³/mol. The topological polar surface area (TPSA) is 68.5 Å². The Balaban J connectivity index is 2.04. The number of nitrogens with one attached hydrogen (secondary N) is 1. The average molecular weight is 512 g/mol. The number of benzene rings is 2. The highest BCUT2D eigenvalue weighted by atomic mass is 19.4. The van der Waals surface area contributed by atoms with E-state index in [1.54, 1.807) is 6.92 Å². The summed E-state index contributed by atoms with van der Waals surface area (Å²) in [5.41, 5.74) is -2.04. The van der Waals surface area contributed by atoms with Crippen molar-refractivity contribution in [2.45, 2.75) is 39.2 Å². The van der Waals surface area contributed by atoms with Crippen molar-refractivity contribution < 1.29 is 35.9 Å². The number of halogens is 6. The highest BCUT2D eigenvalue weighted by Gasteiger charge is 2.38. The summed E-state index contributed by atoms with van der Waals surface area (Å²) < 4.78 is 85.9. The van der Waals surface area contributed by atoms with Crippen molar-refractivity contribution in [2.24, 2.45) is 4.99 Å². The highest BCUT2D eigenvalue weighted by Crippen LogP contribution is 2.33. The number of aliphatic imine (C=N–C) groups is 1. The molecule has 3 rings (SSSR count). The van der Waals surface area contributed by atoms with Gasteiger partial charge in [-0.15, -0.1) is 0 Å². The van der Waals surface area contributed by atoms with Gasteiger partial charge in [0.05, 0.1) is 18.4 Å². The molecule has 0 saturated carbocycles. The van der Waals surface area contributed by atoms with Crippen LogP contribution in [-0.2, 0) is 25.3 Å². The van der Waals surface area contributed by atoms with E-state index in [-0.39, 0.29) is 41.3 Å². The molecule has 0 radical (unpaired) electrons. The number of amides is 1. The van der Waals surface area contributed by atoms with Gasteiger partial charge < -0.3 is 10.1 Å². The zero-order valence-electron chi connectivity index (χ0n) is 19.5. The van der Waals surface area contributed by atoms with E-state index in [0.29, 0.717) is 5.75 Å². The van der Waals surface area contributed by atoms with E-state index >= 15 is 0 Å². The van der Waals surface area contributed by atoms with Crippen molar-refractivity contribution in [3.05, 3.63) is 76.6 Å². The Kier molecular flexibility index (Phi) is 7.75. The quantitative estimate of drug-likeness (QED) is 0.252. The number of aromatic nitrogens is 2. The molecule has 12 heteroatoms. The maximum absolute atomic E-state index is 13.4. The van der Waals surface area contributed by atoms with Crippen LogP contribution in [0.3, 0.4) is 0 Å². The van der Waals surface area contributed by atoms with Crippen molar-refractivity contribution in [1.29, 1.82) is 0 Å². The Morgan fingerprint density at radius 2 is 1.72 bits per heavy atom. The summed E-state index contributed by atoms with van der Waals surface area (Å²) in [6.45, 7) is 2.93. The predicted octanol–water partition coefficient (Wildman–Crippen LogP) is 5.96. The molecule has 0 atom stereocenters. The van der Waals surface area contributed by atoms with Gasteiger partial charge in [0.1, 0.15) is 11.6 Å². The average Bonchev–Trinajstić information content (AvgIpc) is 3.14. The fourth-order valence-corrected chi connectivity index (χ4v) is 3.46. The molecule has 1 aromatic heterocycles. The van der Waals surface area contributed by atoms with Crippen molar-refractivity contribution in [1.82, 2.24) is 15.1 Å². The summed E-state index contributed by atoms with van der Waals surface area (Å²) in [6.07, 6.45) is -9.65. The van der Waals surface area contributed by atoms with Gasteiger partial charge in [-0.2, -0.15) is 31.4 Å². The molecule has 0 saturated heterocycles. The third kappa shape index (κ3) is 6.23. The number of alkyl halides is 6. The molecule has 2 aromatic carbocycles. The van der Waals surface area contributed by atoms with Gasteiger partial charge in [-0.05, 0) is 56.3 Å². The molecule has 0 fully saturated rings. The zero-order chi connectivity index (χ0) is 26.7. The number of methoxy groups -OCH3 is 1. The van der Waals surface area contributed by atoms with Gasteiger partial charge in [-0.1, -0.05) is 6.07 Å². The summed E-state index contributed by atoms with van der Waals surface area (Å²) in [6, 6.07) is 10.1. The molecule has 3 aromatic rings. The van der Waals surface area contributed by atoms with Gasteiger partial charge in [-0.3, -0.25) is 9.48 Å². The van der Waals surface area contributed by atoms with Crippen LogP contribution < -0.4 is 10.1 Å². The minimum absolute atomic E-state index is 0.0928. The lowest BCUT2D eigenvalue weighted by atomic mass is 10.1.